The van der Waals surface area contributed by atoms with Gasteiger partial charge in [0.15, 0.2) is 11.5 Å². The molecule has 0 aliphatic carbocycles. The van der Waals surface area contributed by atoms with Crippen LogP contribution in [0.3, 0.4) is 0 Å². The molecule has 0 bridgehead atoms. The second kappa shape index (κ2) is 8.69. The first-order valence-corrected chi connectivity index (χ1v) is 9.79. The van der Waals surface area contributed by atoms with Gasteiger partial charge >= 0.3 is 0 Å². The summed E-state index contributed by atoms with van der Waals surface area (Å²) in [5, 5.41) is 13.4. The van der Waals surface area contributed by atoms with E-state index < -0.39 is 0 Å². The summed E-state index contributed by atoms with van der Waals surface area (Å²) in [7, 11) is 0. The maximum atomic E-state index is 12.7. The molecule has 3 aromatic rings. The zero-order valence-corrected chi connectivity index (χ0v) is 15.8. The molecule has 1 aromatic heterocycles. The van der Waals surface area contributed by atoms with Gasteiger partial charge in [-0.2, -0.15) is 0 Å². The summed E-state index contributed by atoms with van der Waals surface area (Å²) in [6.07, 6.45) is 3.59. The van der Waals surface area contributed by atoms with Crippen LogP contribution < -0.4 is 15.0 Å². The standard InChI is InChI=1S/C22H24N4O2/c27-22(23-13-16-28-17-9-3-1-4-10-17)20-18-11-5-6-12-19(18)21(25-24-20)26-14-7-2-8-15-26/h1,3-6,9-12H,2,7-8,13-16H2,(H,23,27). The third-order valence-electron chi connectivity index (χ3n) is 4.94. The molecule has 0 unspecified atom stereocenters. The second-order valence-corrected chi connectivity index (χ2v) is 6.88. The van der Waals surface area contributed by atoms with E-state index in [1.807, 2.05) is 54.6 Å². The van der Waals surface area contributed by atoms with Crippen molar-refractivity contribution >= 4 is 22.5 Å². The molecular weight excluding hydrogens is 352 g/mol. The third kappa shape index (κ3) is 4.06. The summed E-state index contributed by atoms with van der Waals surface area (Å²) in [5.74, 6) is 1.43. The maximum Gasteiger partial charge on any atom is 0.272 e. The Morgan fingerprint density at radius 1 is 0.929 bits per heavy atom. The zero-order chi connectivity index (χ0) is 19.2. The highest BCUT2D eigenvalue weighted by Gasteiger charge is 2.19. The number of benzene rings is 2. The van der Waals surface area contributed by atoms with Crippen LogP contribution in [0.5, 0.6) is 5.75 Å². The van der Waals surface area contributed by atoms with Gasteiger partial charge in [0.2, 0.25) is 0 Å². The van der Waals surface area contributed by atoms with Gasteiger partial charge in [0.05, 0.1) is 6.54 Å². The average molecular weight is 376 g/mol. The van der Waals surface area contributed by atoms with Crippen LogP contribution in [0, 0.1) is 0 Å². The molecule has 6 nitrogen and oxygen atoms in total. The van der Waals surface area contributed by atoms with E-state index in [1.54, 1.807) is 0 Å². The lowest BCUT2D eigenvalue weighted by Gasteiger charge is -2.28. The van der Waals surface area contributed by atoms with Crippen LogP contribution in [0.2, 0.25) is 0 Å². The Morgan fingerprint density at radius 3 is 2.43 bits per heavy atom. The van der Waals surface area contributed by atoms with Gasteiger partial charge in [0.25, 0.3) is 5.91 Å². The third-order valence-corrected chi connectivity index (χ3v) is 4.94. The van der Waals surface area contributed by atoms with Gasteiger partial charge < -0.3 is 15.0 Å². The number of carbonyl (C=O) groups excluding carboxylic acids is 1. The fraction of sp³-hybridized carbons (Fsp3) is 0.318. The van der Waals surface area contributed by atoms with Crippen LogP contribution in [0.25, 0.3) is 10.8 Å². The lowest BCUT2D eigenvalue weighted by Crippen LogP contribution is -2.32. The lowest BCUT2D eigenvalue weighted by molar-refractivity contribution is 0.0943. The van der Waals surface area contributed by atoms with Crippen LogP contribution in [0.1, 0.15) is 29.8 Å². The minimum atomic E-state index is -0.231. The smallest absolute Gasteiger partial charge is 0.272 e. The minimum absolute atomic E-state index is 0.231. The van der Waals surface area contributed by atoms with Gasteiger partial charge in [-0.15, -0.1) is 10.2 Å². The van der Waals surface area contributed by atoms with E-state index in [0.29, 0.717) is 18.8 Å². The summed E-state index contributed by atoms with van der Waals surface area (Å²) in [6, 6.07) is 17.4. The Balaban J connectivity index is 1.46. The average Bonchev–Trinajstić information content (AvgIpc) is 2.77. The number of para-hydroxylation sites is 1. The quantitative estimate of drug-likeness (QED) is 0.668. The molecule has 2 aromatic carbocycles. The second-order valence-electron chi connectivity index (χ2n) is 6.88. The van der Waals surface area contributed by atoms with Crippen molar-refractivity contribution in [2.45, 2.75) is 19.3 Å². The van der Waals surface area contributed by atoms with Crippen molar-refractivity contribution in [2.24, 2.45) is 0 Å². The molecule has 0 saturated carbocycles. The zero-order valence-electron chi connectivity index (χ0n) is 15.8. The maximum absolute atomic E-state index is 12.7. The monoisotopic (exact) mass is 376 g/mol. The van der Waals surface area contributed by atoms with E-state index in [0.717, 1.165) is 35.4 Å². The van der Waals surface area contributed by atoms with Crippen LogP contribution in [0.15, 0.2) is 54.6 Å². The lowest BCUT2D eigenvalue weighted by atomic mass is 10.1. The van der Waals surface area contributed by atoms with Gasteiger partial charge in [-0.25, -0.2) is 0 Å². The molecule has 6 heteroatoms. The van der Waals surface area contributed by atoms with Crippen LogP contribution >= 0.6 is 0 Å². The Kier molecular flexibility index (Phi) is 5.66. The van der Waals surface area contributed by atoms with Crippen LogP contribution in [-0.2, 0) is 0 Å². The van der Waals surface area contributed by atoms with E-state index in [1.165, 1.54) is 19.3 Å². The van der Waals surface area contributed by atoms with Gasteiger partial charge in [-0.3, -0.25) is 4.79 Å². The molecule has 0 spiro atoms. The Hall–Kier alpha value is -3.15. The highest BCUT2D eigenvalue weighted by atomic mass is 16.5. The summed E-state index contributed by atoms with van der Waals surface area (Å²) in [5.41, 5.74) is 0.357. The molecule has 1 aliphatic rings. The topological polar surface area (TPSA) is 67.3 Å². The van der Waals surface area contributed by atoms with E-state index in [9.17, 15) is 4.79 Å². The highest BCUT2D eigenvalue weighted by molar-refractivity contribution is 6.07. The first-order valence-electron chi connectivity index (χ1n) is 9.79. The summed E-state index contributed by atoms with van der Waals surface area (Å²) >= 11 is 0. The van der Waals surface area contributed by atoms with E-state index in [2.05, 4.69) is 20.4 Å². The molecule has 0 atom stereocenters. The SMILES string of the molecule is O=C(NCCOc1ccccc1)c1nnc(N2CCCCC2)c2ccccc12. The molecule has 0 radical (unpaired) electrons. The number of amides is 1. The van der Waals surface area contributed by atoms with Gasteiger partial charge in [0, 0.05) is 23.9 Å². The predicted octanol–water partition coefficient (Wildman–Crippen LogP) is 3.43. The van der Waals surface area contributed by atoms with E-state index in [4.69, 9.17) is 4.74 Å². The highest BCUT2D eigenvalue weighted by Crippen LogP contribution is 2.27. The van der Waals surface area contributed by atoms with Crippen molar-refractivity contribution in [3.8, 4) is 5.75 Å². The molecule has 1 saturated heterocycles. The Labute approximate surface area is 164 Å². The molecule has 144 valence electrons. The largest absolute Gasteiger partial charge is 0.492 e. The van der Waals surface area contributed by atoms with Crippen LogP contribution in [0.4, 0.5) is 5.82 Å². The van der Waals surface area contributed by atoms with Crippen molar-refractivity contribution in [3.05, 3.63) is 60.3 Å². The molecule has 1 N–H and O–H groups in total. The summed E-state index contributed by atoms with van der Waals surface area (Å²) in [6.45, 7) is 2.77. The number of piperidine rings is 1. The number of nitrogens with one attached hydrogen (secondary N) is 1. The molecule has 28 heavy (non-hydrogen) atoms. The number of hydrogen-bond acceptors (Lipinski definition) is 5. The molecule has 4 rings (SSSR count). The van der Waals surface area contributed by atoms with Gasteiger partial charge in [0.1, 0.15) is 12.4 Å². The van der Waals surface area contributed by atoms with Crippen molar-refractivity contribution < 1.29 is 9.53 Å². The first kappa shape index (κ1) is 18.2. The number of nitrogens with zero attached hydrogens (tertiary/aromatic N) is 3. The number of anilines is 1. The minimum Gasteiger partial charge on any atom is -0.492 e. The fourth-order valence-electron chi connectivity index (χ4n) is 3.53. The summed E-state index contributed by atoms with van der Waals surface area (Å²) < 4.78 is 5.62. The molecular formula is C22H24N4O2. The van der Waals surface area contributed by atoms with Crippen molar-refractivity contribution in [2.75, 3.05) is 31.1 Å². The van der Waals surface area contributed by atoms with Crippen molar-refractivity contribution in [1.82, 2.24) is 15.5 Å². The summed E-state index contributed by atoms with van der Waals surface area (Å²) in [4.78, 5) is 14.9. The van der Waals surface area contributed by atoms with E-state index >= 15 is 0 Å². The van der Waals surface area contributed by atoms with E-state index in [-0.39, 0.29) is 5.91 Å². The van der Waals surface area contributed by atoms with Crippen molar-refractivity contribution in [3.63, 3.8) is 0 Å². The normalized spacial score (nSPS) is 14.1. The predicted molar refractivity (Wildman–Crippen MR) is 110 cm³/mol. The number of fused-ring (bicyclic) bond motifs is 1. The Morgan fingerprint density at radius 2 is 1.64 bits per heavy atom. The van der Waals surface area contributed by atoms with Gasteiger partial charge in [-0.1, -0.05) is 42.5 Å². The molecule has 1 aliphatic heterocycles. The van der Waals surface area contributed by atoms with Crippen LogP contribution in [-0.4, -0.2) is 42.3 Å². The fourth-order valence-corrected chi connectivity index (χ4v) is 3.53. The molecule has 2 heterocycles. The molecule has 1 fully saturated rings. The first-order chi connectivity index (χ1) is 13.8. The number of aromatic nitrogens is 2. The molecule has 1 amide bonds. The number of rotatable bonds is 6. The number of ether oxygens (including phenoxy) is 1. The Bertz CT molecular complexity index is 940. The number of hydrogen-bond donors (Lipinski definition) is 1. The van der Waals surface area contributed by atoms with Crippen molar-refractivity contribution in [1.29, 1.82) is 0 Å². The van der Waals surface area contributed by atoms with Gasteiger partial charge in [-0.05, 0) is 31.4 Å². The number of carbonyl (C=O) groups is 1.